The molecular formula is C12H12F2O3. The summed E-state index contributed by atoms with van der Waals surface area (Å²) in [4.78, 5) is 10.6. The van der Waals surface area contributed by atoms with Crippen molar-refractivity contribution in [2.75, 3.05) is 7.11 Å². The Bertz CT molecular complexity index is 428. The third-order valence-electron chi connectivity index (χ3n) is 2.65. The third-order valence-corrected chi connectivity index (χ3v) is 2.65. The van der Waals surface area contributed by atoms with Crippen LogP contribution in [0, 0.1) is 0 Å². The summed E-state index contributed by atoms with van der Waals surface area (Å²) in [5.74, 6) is 0.280. The first-order valence-electron chi connectivity index (χ1n) is 5.27. The second kappa shape index (κ2) is 4.41. The highest BCUT2D eigenvalue weighted by molar-refractivity contribution is 5.75. The van der Waals surface area contributed by atoms with Crippen molar-refractivity contribution in [2.45, 2.75) is 25.1 Å². The van der Waals surface area contributed by atoms with Gasteiger partial charge in [-0.1, -0.05) is 0 Å². The number of alkyl halides is 2. The van der Waals surface area contributed by atoms with Gasteiger partial charge in [0.15, 0.2) is 0 Å². The molecule has 2 rings (SSSR count). The third kappa shape index (κ3) is 2.79. The maximum absolute atomic E-state index is 13.0. The zero-order valence-corrected chi connectivity index (χ0v) is 9.28. The number of carbonyl (C=O) groups is 1. The maximum Gasteiger partial charge on any atom is 0.535 e. The van der Waals surface area contributed by atoms with E-state index in [-0.39, 0.29) is 11.7 Å². The van der Waals surface area contributed by atoms with Crippen LogP contribution in [0.25, 0.3) is 0 Å². The summed E-state index contributed by atoms with van der Waals surface area (Å²) in [5.41, 5.74) is 1.10. The fraction of sp³-hybridized carbons (Fsp3) is 0.417. The fourth-order valence-corrected chi connectivity index (χ4v) is 1.62. The standard InChI is InChI=1S/C12H12F2O3/c1-16-12(13,14)17-11-5-2-8(7-15)6-10(11)9-3-4-9/h2,5-7,9H,3-4H2,1H3. The second-order valence-corrected chi connectivity index (χ2v) is 3.96. The van der Waals surface area contributed by atoms with Crippen LogP contribution in [0.1, 0.15) is 34.7 Å². The van der Waals surface area contributed by atoms with Gasteiger partial charge in [0.1, 0.15) is 12.0 Å². The average Bonchev–Trinajstić information content (AvgIpc) is 3.13. The van der Waals surface area contributed by atoms with Crippen LogP contribution in [0.15, 0.2) is 18.2 Å². The van der Waals surface area contributed by atoms with E-state index in [1.807, 2.05) is 0 Å². The molecule has 0 radical (unpaired) electrons. The first-order chi connectivity index (χ1) is 8.05. The molecule has 0 heterocycles. The van der Waals surface area contributed by atoms with E-state index >= 15 is 0 Å². The Labute approximate surface area is 97.3 Å². The van der Waals surface area contributed by atoms with E-state index in [9.17, 15) is 13.6 Å². The second-order valence-electron chi connectivity index (χ2n) is 3.96. The quantitative estimate of drug-likeness (QED) is 0.588. The van der Waals surface area contributed by atoms with Crippen LogP contribution in [0.4, 0.5) is 8.78 Å². The van der Waals surface area contributed by atoms with Crippen LogP contribution in [0.2, 0.25) is 0 Å². The minimum Gasteiger partial charge on any atom is -0.409 e. The van der Waals surface area contributed by atoms with Gasteiger partial charge in [-0.05, 0) is 42.5 Å². The van der Waals surface area contributed by atoms with Gasteiger partial charge in [-0.25, -0.2) is 0 Å². The summed E-state index contributed by atoms with van der Waals surface area (Å²) in [6.07, 6.45) is -1.11. The maximum atomic E-state index is 13.0. The largest absolute Gasteiger partial charge is 0.535 e. The Kier molecular flexibility index (Phi) is 3.11. The van der Waals surface area contributed by atoms with Crippen LogP contribution in [0.3, 0.4) is 0 Å². The Balaban J connectivity index is 2.29. The van der Waals surface area contributed by atoms with Gasteiger partial charge in [0, 0.05) is 12.7 Å². The highest BCUT2D eigenvalue weighted by Crippen LogP contribution is 2.45. The van der Waals surface area contributed by atoms with Gasteiger partial charge in [0.25, 0.3) is 0 Å². The Morgan fingerprint density at radius 1 is 1.41 bits per heavy atom. The van der Waals surface area contributed by atoms with E-state index in [1.54, 1.807) is 6.07 Å². The molecule has 1 aliphatic rings. The molecule has 1 aliphatic carbocycles. The molecule has 0 unspecified atom stereocenters. The van der Waals surface area contributed by atoms with Crippen molar-refractivity contribution in [1.29, 1.82) is 0 Å². The van der Waals surface area contributed by atoms with Crippen molar-refractivity contribution in [3.63, 3.8) is 0 Å². The molecule has 0 saturated heterocycles. The van der Waals surface area contributed by atoms with E-state index < -0.39 is 6.29 Å². The van der Waals surface area contributed by atoms with E-state index in [2.05, 4.69) is 9.47 Å². The SMILES string of the molecule is COC(F)(F)Oc1ccc(C=O)cc1C1CC1. The normalized spacial score (nSPS) is 15.7. The van der Waals surface area contributed by atoms with Gasteiger partial charge in [0.05, 0.1) is 0 Å². The molecular weight excluding hydrogens is 230 g/mol. The molecule has 17 heavy (non-hydrogen) atoms. The molecule has 0 atom stereocenters. The van der Waals surface area contributed by atoms with Crippen molar-refractivity contribution in [3.05, 3.63) is 29.3 Å². The molecule has 0 N–H and O–H groups in total. The Morgan fingerprint density at radius 3 is 2.65 bits per heavy atom. The number of carbonyl (C=O) groups excluding carboxylic acids is 1. The van der Waals surface area contributed by atoms with Crippen molar-refractivity contribution in [1.82, 2.24) is 0 Å². The highest BCUT2D eigenvalue weighted by atomic mass is 19.3. The number of aldehydes is 1. The summed E-state index contributed by atoms with van der Waals surface area (Å²) in [7, 11) is 0.872. The highest BCUT2D eigenvalue weighted by Gasteiger charge is 2.35. The van der Waals surface area contributed by atoms with E-state index in [0.29, 0.717) is 17.4 Å². The van der Waals surface area contributed by atoms with E-state index in [1.165, 1.54) is 12.1 Å². The van der Waals surface area contributed by atoms with Gasteiger partial charge in [-0.3, -0.25) is 9.53 Å². The minimum absolute atomic E-state index is 0.0740. The monoisotopic (exact) mass is 242 g/mol. The summed E-state index contributed by atoms with van der Waals surface area (Å²) in [6, 6.07) is 4.41. The fourth-order valence-electron chi connectivity index (χ4n) is 1.62. The molecule has 1 saturated carbocycles. The van der Waals surface area contributed by atoms with Crippen LogP contribution < -0.4 is 4.74 Å². The number of methoxy groups -OCH3 is 1. The molecule has 0 aliphatic heterocycles. The summed E-state index contributed by atoms with van der Waals surface area (Å²) in [6.45, 7) is 0. The predicted octanol–water partition coefficient (Wildman–Crippen LogP) is 2.95. The zero-order valence-electron chi connectivity index (χ0n) is 9.28. The molecule has 1 aromatic rings. The number of rotatable bonds is 5. The number of benzene rings is 1. The molecule has 0 amide bonds. The Morgan fingerprint density at radius 2 is 2.12 bits per heavy atom. The van der Waals surface area contributed by atoms with Gasteiger partial charge in [-0.2, -0.15) is 0 Å². The van der Waals surface area contributed by atoms with Crippen molar-refractivity contribution < 1.29 is 23.0 Å². The summed E-state index contributed by atoms with van der Waals surface area (Å²) >= 11 is 0. The topological polar surface area (TPSA) is 35.5 Å². The molecule has 5 heteroatoms. The summed E-state index contributed by atoms with van der Waals surface area (Å²) in [5, 5.41) is 0. The molecule has 1 aromatic carbocycles. The smallest absolute Gasteiger partial charge is 0.409 e. The Hall–Kier alpha value is -1.49. The van der Waals surface area contributed by atoms with Crippen molar-refractivity contribution in [3.8, 4) is 5.75 Å². The lowest BCUT2D eigenvalue weighted by Gasteiger charge is -2.17. The van der Waals surface area contributed by atoms with Crippen LogP contribution in [0.5, 0.6) is 5.75 Å². The average molecular weight is 242 g/mol. The van der Waals surface area contributed by atoms with E-state index in [0.717, 1.165) is 20.0 Å². The van der Waals surface area contributed by atoms with Gasteiger partial charge < -0.3 is 4.74 Å². The first-order valence-corrected chi connectivity index (χ1v) is 5.27. The van der Waals surface area contributed by atoms with Crippen LogP contribution in [-0.4, -0.2) is 19.7 Å². The molecule has 3 nitrogen and oxygen atoms in total. The first kappa shape index (κ1) is 12.0. The minimum atomic E-state index is -3.65. The van der Waals surface area contributed by atoms with Gasteiger partial charge in [0.2, 0.25) is 0 Å². The van der Waals surface area contributed by atoms with Gasteiger partial charge >= 0.3 is 6.29 Å². The number of hydrogen-bond donors (Lipinski definition) is 0. The van der Waals surface area contributed by atoms with Gasteiger partial charge in [-0.15, -0.1) is 8.78 Å². The van der Waals surface area contributed by atoms with Crippen molar-refractivity contribution >= 4 is 6.29 Å². The van der Waals surface area contributed by atoms with Crippen molar-refractivity contribution in [2.24, 2.45) is 0 Å². The lowest BCUT2D eigenvalue weighted by atomic mass is 10.1. The molecule has 92 valence electrons. The number of halogens is 2. The van der Waals surface area contributed by atoms with Crippen LogP contribution in [-0.2, 0) is 4.74 Å². The number of ether oxygens (including phenoxy) is 2. The zero-order chi connectivity index (χ0) is 12.5. The molecule has 0 spiro atoms. The lowest BCUT2D eigenvalue weighted by Crippen LogP contribution is -2.27. The van der Waals surface area contributed by atoms with E-state index in [4.69, 9.17) is 0 Å². The predicted molar refractivity (Wildman–Crippen MR) is 56.4 cm³/mol. The molecule has 0 bridgehead atoms. The van der Waals surface area contributed by atoms with Crippen LogP contribution >= 0.6 is 0 Å². The molecule has 1 fully saturated rings. The number of hydrogen-bond acceptors (Lipinski definition) is 3. The summed E-state index contributed by atoms with van der Waals surface area (Å²) < 4.78 is 34.4. The lowest BCUT2D eigenvalue weighted by molar-refractivity contribution is -0.342. The molecule has 0 aromatic heterocycles.